The van der Waals surface area contributed by atoms with Gasteiger partial charge in [0.2, 0.25) is 0 Å². The molecule has 0 aliphatic rings. The van der Waals surface area contributed by atoms with Crippen LogP contribution in [0.4, 0.5) is 11.4 Å². The molecule has 0 saturated heterocycles. The van der Waals surface area contributed by atoms with Crippen molar-refractivity contribution in [3.8, 4) is 11.5 Å². The van der Waals surface area contributed by atoms with Crippen LogP contribution in [0.2, 0.25) is 5.02 Å². The fourth-order valence-electron chi connectivity index (χ4n) is 2.57. The molecule has 28 heavy (non-hydrogen) atoms. The van der Waals surface area contributed by atoms with Crippen molar-refractivity contribution in [3.05, 3.63) is 77.1 Å². The zero-order chi connectivity index (χ0) is 19.9. The van der Waals surface area contributed by atoms with Crippen LogP contribution in [0.15, 0.2) is 60.8 Å². The molecule has 3 aromatic rings. The number of benzene rings is 2. The Morgan fingerprint density at radius 3 is 2.32 bits per heavy atom. The molecule has 0 fully saturated rings. The number of amides is 1. The highest BCUT2D eigenvalue weighted by molar-refractivity contribution is 6.30. The van der Waals surface area contributed by atoms with Crippen molar-refractivity contribution < 1.29 is 14.3 Å². The molecule has 144 valence electrons. The summed E-state index contributed by atoms with van der Waals surface area (Å²) in [4.78, 5) is 16.6. The van der Waals surface area contributed by atoms with Gasteiger partial charge in [-0.1, -0.05) is 17.7 Å². The second-order valence-corrected chi connectivity index (χ2v) is 6.37. The van der Waals surface area contributed by atoms with E-state index in [0.717, 1.165) is 16.9 Å². The molecule has 0 saturated carbocycles. The predicted octanol–water partition coefficient (Wildman–Crippen LogP) is 4.43. The summed E-state index contributed by atoms with van der Waals surface area (Å²) in [6.07, 6.45) is 1.61. The number of ether oxygens (including phenoxy) is 2. The molecule has 0 spiro atoms. The van der Waals surface area contributed by atoms with Crippen LogP contribution < -0.4 is 20.1 Å². The summed E-state index contributed by atoms with van der Waals surface area (Å²) < 4.78 is 10.5. The van der Waals surface area contributed by atoms with Gasteiger partial charge in [0.1, 0.15) is 5.69 Å². The Bertz CT molecular complexity index is 944. The van der Waals surface area contributed by atoms with E-state index in [0.29, 0.717) is 28.8 Å². The summed E-state index contributed by atoms with van der Waals surface area (Å²) in [6.45, 7) is 0.353. The van der Waals surface area contributed by atoms with Gasteiger partial charge in [0.05, 0.1) is 26.1 Å². The average Bonchev–Trinajstić information content (AvgIpc) is 2.74. The van der Waals surface area contributed by atoms with Gasteiger partial charge in [-0.25, -0.2) is 4.98 Å². The number of hydrogen-bond acceptors (Lipinski definition) is 5. The molecule has 2 aromatic carbocycles. The van der Waals surface area contributed by atoms with Gasteiger partial charge in [-0.15, -0.1) is 0 Å². The molecule has 1 aromatic heterocycles. The number of nitrogens with one attached hydrogen (secondary N) is 2. The van der Waals surface area contributed by atoms with Crippen LogP contribution in [-0.2, 0) is 6.54 Å². The Labute approximate surface area is 168 Å². The third kappa shape index (κ3) is 4.92. The van der Waals surface area contributed by atoms with E-state index in [9.17, 15) is 4.79 Å². The third-order valence-electron chi connectivity index (χ3n) is 4.03. The van der Waals surface area contributed by atoms with Gasteiger partial charge in [-0.05, 0) is 54.1 Å². The second-order valence-electron chi connectivity index (χ2n) is 5.94. The lowest BCUT2D eigenvalue weighted by atomic mass is 10.2. The maximum Gasteiger partial charge on any atom is 0.270 e. The van der Waals surface area contributed by atoms with Crippen LogP contribution >= 0.6 is 11.6 Å². The number of methoxy groups -OCH3 is 2. The molecule has 1 amide bonds. The van der Waals surface area contributed by atoms with Gasteiger partial charge in [-0.2, -0.15) is 0 Å². The largest absolute Gasteiger partial charge is 0.493 e. The summed E-state index contributed by atoms with van der Waals surface area (Å²) >= 11 is 5.88. The molecule has 1 heterocycles. The number of halogens is 1. The second kappa shape index (κ2) is 9.10. The number of aromatic nitrogens is 1. The minimum absolute atomic E-state index is 0.257. The summed E-state index contributed by atoms with van der Waals surface area (Å²) in [5.74, 6) is 1.00. The van der Waals surface area contributed by atoms with Crippen molar-refractivity contribution in [1.29, 1.82) is 0 Å². The first-order valence-corrected chi connectivity index (χ1v) is 8.94. The predicted molar refractivity (Wildman–Crippen MR) is 110 cm³/mol. The van der Waals surface area contributed by atoms with Crippen LogP contribution in [0, 0.1) is 0 Å². The van der Waals surface area contributed by atoms with E-state index in [1.54, 1.807) is 50.7 Å². The van der Waals surface area contributed by atoms with E-state index < -0.39 is 0 Å². The van der Waals surface area contributed by atoms with E-state index in [1.807, 2.05) is 24.3 Å². The minimum atomic E-state index is -0.257. The molecule has 0 unspecified atom stereocenters. The quantitative estimate of drug-likeness (QED) is 0.617. The molecule has 0 aliphatic heterocycles. The first-order chi connectivity index (χ1) is 13.6. The molecule has 7 heteroatoms. The summed E-state index contributed by atoms with van der Waals surface area (Å²) in [5, 5.41) is 6.72. The lowest BCUT2D eigenvalue weighted by molar-refractivity contribution is 0.0946. The molecule has 2 N–H and O–H groups in total. The van der Waals surface area contributed by atoms with Crippen molar-refractivity contribution in [2.24, 2.45) is 0 Å². The van der Waals surface area contributed by atoms with Gasteiger partial charge in [0.25, 0.3) is 5.91 Å². The molecule has 0 aliphatic carbocycles. The highest BCUT2D eigenvalue weighted by atomic mass is 35.5. The topological polar surface area (TPSA) is 72.5 Å². The first kappa shape index (κ1) is 19.5. The van der Waals surface area contributed by atoms with Crippen LogP contribution in [0.3, 0.4) is 0 Å². The van der Waals surface area contributed by atoms with E-state index in [2.05, 4.69) is 15.6 Å². The van der Waals surface area contributed by atoms with Gasteiger partial charge in [0.15, 0.2) is 11.5 Å². The number of nitrogens with zero attached hydrogens (tertiary/aromatic N) is 1. The summed E-state index contributed by atoms with van der Waals surface area (Å²) in [5.41, 5.74) is 2.89. The van der Waals surface area contributed by atoms with Gasteiger partial charge >= 0.3 is 0 Å². The minimum Gasteiger partial charge on any atom is -0.493 e. The molecule has 0 bridgehead atoms. The molecule has 3 rings (SSSR count). The Balaban J connectivity index is 1.59. The van der Waals surface area contributed by atoms with Gasteiger partial charge in [0, 0.05) is 17.3 Å². The highest BCUT2D eigenvalue weighted by Gasteiger charge is 2.09. The van der Waals surface area contributed by atoms with Crippen molar-refractivity contribution in [2.45, 2.75) is 6.54 Å². The van der Waals surface area contributed by atoms with E-state index in [1.165, 1.54) is 0 Å². The number of pyridine rings is 1. The van der Waals surface area contributed by atoms with Crippen molar-refractivity contribution >= 4 is 28.9 Å². The Morgan fingerprint density at radius 2 is 1.68 bits per heavy atom. The first-order valence-electron chi connectivity index (χ1n) is 8.57. The number of hydrogen-bond donors (Lipinski definition) is 2. The molecular weight excluding hydrogens is 378 g/mol. The smallest absolute Gasteiger partial charge is 0.270 e. The number of anilines is 2. The maximum absolute atomic E-state index is 12.3. The van der Waals surface area contributed by atoms with Crippen molar-refractivity contribution in [2.75, 3.05) is 19.5 Å². The molecule has 0 atom stereocenters. The van der Waals surface area contributed by atoms with Crippen LogP contribution in [0.5, 0.6) is 11.5 Å². The van der Waals surface area contributed by atoms with Crippen LogP contribution in [0.1, 0.15) is 16.1 Å². The van der Waals surface area contributed by atoms with Crippen molar-refractivity contribution in [3.63, 3.8) is 0 Å². The number of carbonyl (C=O) groups excluding carboxylic acids is 1. The summed E-state index contributed by atoms with van der Waals surface area (Å²) in [7, 11) is 3.15. The SMILES string of the molecule is COc1ccc(CNC(=O)c2ccc(Nc3ccc(Cl)cc3)cn2)cc1OC. The average molecular weight is 398 g/mol. The number of rotatable bonds is 7. The van der Waals surface area contributed by atoms with Crippen molar-refractivity contribution in [1.82, 2.24) is 10.3 Å². The lowest BCUT2D eigenvalue weighted by Gasteiger charge is -2.10. The van der Waals surface area contributed by atoms with Crippen LogP contribution in [-0.4, -0.2) is 25.1 Å². The number of carbonyl (C=O) groups is 1. The highest BCUT2D eigenvalue weighted by Crippen LogP contribution is 2.27. The molecule has 6 nitrogen and oxygen atoms in total. The molecular formula is C21H20ClN3O3. The maximum atomic E-state index is 12.3. The Kier molecular flexibility index (Phi) is 6.34. The fraction of sp³-hybridized carbons (Fsp3) is 0.143. The zero-order valence-electron chi connectivity index (χ0n) is 15.5. The van der Waals surface area contributed by atoms with Gasteiger partial charge in [-0.3, -0.25) is 4.79 Å². The third-order valence-corrected chi connectivity index (χ3v) is 4.28. The zero-order valence-corrected chi connectivity index (χ0v) is 16.3. The van der Waals surface area contributed by atoms with E-state index in [-0.39, 0.29) is 5.91 Å². The monoisotopic (exact) mass is 397 g/mol. The van der Waals surface area contributed by atoms with E-state index >= 15 is 0 Å². The van der Waals surface area contributed by atoms with Gasteiger partial charge < -0.3 is 20.1 Å². The standard InChI is InChI=1S/C21H20ClN3O3/c1-27-19-10-3-14(11-20(19)28-2)12-24-21(26)18-9-8-17(13-23-18)25-16-6-4-15(22)5-7-16/h3-11,13,25H,12H2,1-2H3,(H,24,26). The Hall–Kier alpha value is -3.25. The summed E-state index contributed by atoms with van der Waals surface area (Å²) in [6, 6.07) is 16.3. The normalized spacial score (nSPS) is 10.2. The lowest BCUT2D eigenvalue weighted by Crippen LogP contribution is -2.23. The fourth-order valence-corrected chi connectivity index (χ4v) is 2.69. The molecule has 0 radical (unpaired) electrons. The Morgan fingerprint density at radius 1 is 0.964 bits per heavy atom. The van der Waals surface area contributed by atoms with E-state index in [4.69, 9.17) is 21.1 Å². The van der Waals surface area contributed by atoms with Crippen LogP contribution in [0.25, 0.3) is 0 Å².